The highest BCUT2D eigenvalue weighted by atomic mass is 19.2. The van der Waals surface area contributed by atoms with Crippen molar-refractivity contribution < 1.29 is 18.0 Å². The van der Waals surface area contributed by atoms with Gasteiger partial charge >= 0.3 is 0 Å². The molecule has 3 rings (SSSR count). The Morgan fingerprint density at radius 1 is 1.00 bits per heavy atom. The molecule has 0 radical (unpaired) electrons. The highest BCUT2D eigenvalue weighted by molar-refractivity contribution is 6.07. The van der Waals surface area contributed by atoms with Gasteiger partial charge < -0.3 is 4.90 Å². The third-order valence-electron chi connectivity index (χ3n) is 3.40. The monoisotopic (exact) mass is 277 g/mol. The molecule has 0 bridgehead atoms. The van der Waals surface area contributed by atoms with Crippen LogP contribution in [0.25, 0.3) is 0 Å². The van der Waals surface area contributed by atoms with E-state index in [1.165, 1.54) is 4.90 Å². The molecule has 0 saturated heterocycles. The van der Waals surface area contributed by atoms with Crippen LogP contribution >= 0.6 is 0 Å². The average Bonchev–Trinajstić information content (AvgIpc) is 2.88. The number of halogens is 3. The van der Waals surface area contributed by atoms with Gasteiger partial charge in [0.15, 0.2) is 17.5 Å². The number of carbonyl (C=O) groups excluding carboxylic acids is 1. The Labute approximate surface area is 113 Å². The maximum atomic E-state index is 13.7. The first kappa shape index (κ1) is 12.7. The van der Waals surface area contributed by atoms with Crippen molar-refractivity contribution in [2.75, 3.05) is 11.4 Å². The van der Waals surface area contributed by atoms with Crippen LogP contribution in [0, 0.1) is 17.5 Å². The van der Waals surface area contributed by atoms with Crippen LogP contribution in [-0.4, -0.2) is 12.5 Å². The molecule has 5 heteroatoms. The molecule has 1 aliphatic heterocycles. The van der Waals surface area contributed by atoms with Crippen molar-refractivity contribution in [1.82, 2.24) is 0 Å². The molecular formula is C15H10F3NO. The van der Waals surface area contributed by atoms with Crippen molar-refractivity contribution in [2.45, 2.75) is 6.42 Å². The van der Waals surface area contributed by atoms with Crippen LogP contribution < -0.4 is 4.90 Å². The summed E-state index contributed by atoms with van der Waals surface area (Å²) in [7, 11) is 0. The molecule has 2 aromatic rings. The van der Waals surface area contributed by atoms with Gasteiger partial charge in [0.2, 0.25) is 0 Å². The number of anilines is 1. The van der Waals surface area contributed by atoms with Gasteiger partial charge in [-0.1, -0.05) is 18.2 Å². The third kappa shape index (κ3) is 1.86. The van der Waals surface area contributed by atoms with E-state index in [1.807, 2.05) is 12.1 Å². The Kier molecular flexibility index (Phi) is 2.97. The van der Waals surface area contributed by atoms with Crippen molar-refractivity contribution >= 4 is 11.6 Å². The van der Waals surface area contributed by atoms with E-state index in [9.17, 15) is 18.0 Å². The van der Waals surface area contributed by atoms with Gasteiger partial charge in [-0.2, -0.15) is 0 Å². The molecule has 0 spiro atoms. The largest absolute Gasteiger partial charge is 0.308 e. The second-order valence-corrected chi connectivity index (χ2v) is 4.56. The number of nitrogens with zero attached hydrogens (tertiary/aromatic N) is 1. The average molecular weight is 277 g/mol. The summed E-state index contributed by atoms with van der Waals surface area (Å²) >= 11 is 0. The van der Waals surface area contributed by atoms with Gasteiger partial charge in [-0.05, 0) is 30.2 Å². The molecule has 0 atom stereocenters. The molecule has 0 aliphatic carbocycles. The van der Waals surface area contributed by atoms with Gasteiger partial charge in [-0.25, -0.2) is 13.2 Å². The second kappa shape index (κ2) is 4.67. The fourth-order valence-corrected chi connectivity index (χ4v) is 2.39. The smallest absolute Gasteiger partial charge is 0.261 e. The molecule has 1 aliphatic rings. The summed E-state index contributed by atoms with van der Waals surface area (Å²) < 4.78 is 39.8. The van der Waals surface area contributed by atoms with E-state index in [1.54, 1.807) is 12.1 Å². The number of para-hydroxylation sites is 1. The summed E-state index contributed by atoms with van der Waals surface area (Å²) in [5.41, 5.74) is 1.20. The molecule has 0 saturated carbocycles. The van der Waals surface area contributed by atoms with E-state index >= 15 is 0 Å². The predicted molar refractivity (Wildman–Crippen MR) is 68.1 cm³/mol. The molecule has 2 aromatic carbocycles. The zero-order chi connectivity index (χ0) is 14.3. The first-order valence-corrected chi connectivity index (χ1v) is 6.13. The molecular weight excluding hydrogens is 267 g/mol. The SMILES string of the molecule is O=C(c1ccc(F)c(F)c1F)N1CCc2ccccc21. The van der Waals surface area contributed by atoms with E-state index in [-0.39, 0.29) is 0 Å². The second-order valence-electron chi connectivity index (χ2n) is 4.56. The van der Waals surface area contributed by atoms with Gasteiger partial charge in [-0.3, -0.25) is 4.79 Å². The zero-order valence-corrected chi connectivity index (χ0v) is 10.4. The van der Waals surface area contributed by atoms with Crippen LogP contribution in [0.2, 0.25) is 0 Å². The highest BCUT2D eigenvalue weighted by Gasteiger charge is 2.28. The minimum Gasteiger partial charge on any atom is -0.308 e. The van der Waals surface area contributed by atoms with Crippen molar-refractivity contribution in [3.8, 4) is 0 Å². The van der Waals surface area contributed by atoms with Crippen LogP contribution in [0.5, 0.6) is 0 Å². The minimum atomic E-state index is -1.62. The van der Waals surface area contributed by atoms with Gasteiger partial charge in [0, 0.05) is 12.2 Å². The number of rotatable bonds is 1. The van der Waals surface area contributed by atoms with Crippen LogP contribution in [0.3, 0.4) is 0 Å². The molecule has 0 fully saturated rings. The van der Waals surface area contributed by atoms with Gasteiger partial charge in [0.25, 0.3) is 5.91 Å². The molecule has 20 heavy (non-hydrogen) atoms. The van der Waals surface area contributed by atoms with Gasteiger partial charge in [0.1, 0.15) is 0 Å². The van der Waals surface area contributed by atoms with Gasteiger partial charge in [-0.15, -0.1) is 0 Å². The summed E-state index contributed by atoms with van der Waals surface area (Å²) in [6.07, 6.45) is 0.660. The van der Waals surface area contributed by atoms with E-state index < -0.39 is 28.9 Å². The number of benzene rings is 2. The molecule has 0 aromatic heterocycles. The Bertz CT molecular complexity index is 700. The topological polar surface area (TPSA) is 20.3 Å². The Balaban J connectivity index is 2.01. The van der Waals surface area contributed by atoms with Crippen molar-refractivity contribution in [3.05, 3.63) is 65.0 Å². The lowest BCUT2D eigenvalue weighted by atomic mass is 10.1. The number of carbonyl (C=O) groups is 1. The van der Waals surface area contributed by atoms with Crippen LogP contribution in [0.15, 0.2) is 36.4 Å². The summed E-state index contributed by atoms with van der Waals surface area (Å²) in [5.74, 6) is -5.03. The summed E-state index contributed by atoms with van der Waals surface area (Å²) in [5, 5.41) is 0. The Hall–Kier alpha value is -2.30. The van der Waals surface area contributed by atoms with E-state index in [4.69, 9.17) is 0 Å². The maximum Gasteiger partial charge on any atom is 0.261 e. The minimum absolute atomic E-state index is 0.399. The van der Waals surface area contributed by atoms with Crippen molar-refractivity contribution in [3.63, 3.8) is 0 Å². The Morgan fingerprint density at radius 2 is 1.75 bits per heavy atom. The van der Waals surface area contributed by atoms with E-state index in [0.717, 1.165) is 17.7 Å². The quantitative estimate of drug-likeness (QED) is 0.732. The van der Waals surface area contributed by atoms with E-state index in [2.05, 4.69) is 0 Å². The molecule has 0 N–H and O–H groups in total. The molecule has 1 amide bonds. The lowest BCUT2D eigenvalue weighted by Gasteiger charge is -2.17. The molecule has 1 heterocycles. The van der Waals surface area contributed by atoms with Crippen molar-refractivity contribution in [2.24, 2.45) is 0 Å². The predicted octanol–water partition coefficient (Wildman–Crippen LogP) is 3.31. The summed E-state index contributed by atoms with van der Waals surface area (Å²) in [6, 6.07) is 8.98. The number of fused-ring (bicyclic) bond motifs is 1. The number of amides is 1. The summed E-state index contributed by atoms with van der Waals surface area (Å²) in [6.45, 7) is 0.399. The molecule has 102 valence electrons. The number of hydrogen-bond donors (Lipinski definition) is 0. The van der Waals surface area contributed by atoms with Crippen LogP contribution in [0.1, 0.15) is 15.9 Å². The first-order chi connectivity index (χ1) is 9.59. The third-order valence-corrected chi connectivity index (χ3v) is 3.40. The standard InChI is InChI=1S/C15H10F3NO/c16-11-6-5-10(13(17)14(11)18)15(20)19-8-7-9-3-1-2-4-12(9)19/h1-6H,7-8H2. The van der Waals surface area contributed by atoms with Crippen LogP contribution in [0.4, 0.5) is 18.9 Å². The van der Waals surface area contributed by atoms with E-state index in [0.29, 0.717) is 18.7 Å². The summed E-state index contributed by atoms with van der Waals surface area (Å²) in [4.78, 5) is 13.7. The van der Waals surface area contributed by atoms with Crippen molar-refractivity contribution in [1.29, 1.82) is 0 Å². The number of hydrogen-bond acceptors (Lipinski definition) is 1. The molecule has 2 nitrogen and oxygen atoms in total. The fraction of sp³-hybridized carbons (Fsp3) is 0.133. The van der Waals surface area contributed by atoms with Gasteiger partial charge in [0.05, 0.1) is 5.56 Å². The van der Waals surface area contributed by atoms with Crippen LogP contribution in [-0.2, 0) is 6.42 Å². The Morgan fingerprint density at radius 3 is 2.55 bits per heavy atom. The maximum absolute atomic E-state index is 13.7. The zero-order valence-electron chi connectivity index (χ0n) is 10.4. The first-order valence-electron chi connectivity index (χ1n) is 6.13. The lowest BCUT2D eigenvalue weighted by Crippen LogP contribution is -2.30. The highest BCUT2D eigenvalue weighted by Crippen LogP contribution is 2.29. The lowest BCUT2D eigenvalue weighted by molar-refractivity contribution is 0.0984. The fourth-order valence-electron chi connectivity index (χ4n) is 2.39. The normalized spacial score (nSPS) is 13.4. The molecule has 0 unspecified atom stereocenters.